The minimum Gasteiger partial charge on any atom is -0.0654 e. The summed E-state index contributed by atoms with van der Waals surface area (Å²) < 4.78 is 0. The van der Waals surface area contributed by atoms with Crippen molar-refractivity contribution in [2.45, 2.75) is 90.9 Å². The van der Waals surface area contributed by atoms with Gasteiger partial charge in [-0.15, -0.1) is 0 Å². The lowest BCUT2D eigenvalue weighted by Gasteiger charge is -2.08. The minimum absolute atomic E-state index is 1.21. The van der Waals surface area contributed by atoms with Gasteiger partial charge in [0.2, 0.25) is 0 Å². The Bertz CT molecular complexity index is 327. The maximum atomic E-state index is 3.45. The molecular formula is C20H33. The molecule has 0 aliphatic carbocycles. The number of hydrogen-bond acceptors (Lipinski definition) is 0. The van der Waals surface area contributed by atoms with Gasteiger partial charge in [0, 0.05) is 0 Å². The summed E-state index contributed by atoms with van der Waals surface area (Å²) in [5, 5.41) is 0. The molecule has 0 nitrogen and oxygen atoms in total. The summed E-state index contributed by atoms with van der Waals surface area (Å²) in [7, 11) is 0. The molecule has 0 amide bonds. The van der Waals surface area contributed by atoms with Crippen molar-refractivity contribution in [1.82, 2.24) is 0 Å². The van der Waals surface area contributed by atoms with Crippen molar-refractivity contribution < 1.29 is 0 Å². The Morgan fingerprint density at radius 2 is 1.40 bits per heavy atom. The van der Waals surface area contributed by atoms with Crippen LogP contribution in [-0.4, -0.2) is 0 Å². The lowest BCUT2D eigenvalue weighted by atomic mass is 9.98. The van der Waals surface area contributed by atoms with Crippen molar-refractivity contribution in [2.24, 2.45) is 0 Å². The molecule has 0 unspecified atom stereocenters. The van der Waals surface area contributed by atoms with Gasteiger partial charge in [0.1, 0.15) is 0 Å². The Morgan fingerprint density at radius 1 is 0.750 bits per heavy atom. The number of hydrogen-bond donors (Lipinski definition) is 0. The van der Waals surface area contributed by atoms with Crippen LogP contribution in [0.15, 0.2) is 18.2 Å². The Balaban J connectivity index is 2.06. The summed E-state index contributed by atoms with van der Waals surface area (Å²) in [5.74, 6) is 0. The molecule has 113 valence electrons. The highest BCUT2D eigenvalue weighted by Gasteiger charge is 2.01. The average molecular weight is 273 g/mol. The molecule has 0 aromatic heterocycles. The quantitative estimate of drug-likeness (QED) is 0.381. The molecular weight excluding hydrogens is 240 g/mol. The highest BCUT2D eigenvalue weighted by molar-refractivity contribution is 5.26. The molecule has 0 aliphatic rings. The molecule has 0 bridgehead atoms. The Morgan fingerprint density at radius 3 is 2.05 bits per heavy atom. The summed E-state index contributed by atoms with van der Waals surface area (Å²) in [6.45, 7) is 4.54. The molecule has 0 N–H and O–H groups in total. The first-order chi connectivity index (χ1) is 9.88. The van der Waals surface area contributed by atoms with Gasteiger partial charge < -0.3 is 0 Å². The largest absolute Gasteiger partial charge is 0.0654 e. The molecule has 0 spiro atoms. The number of rotatable bonds is 12. The zero-order valence-corrected chi connectivity index (χ0v) is 13.7. The van der Waals surface area contributed by atoms with E-state index >= 15 is 0 Å². The van der Waals surface area contributed by atoms with E-state index in [1.54, 1.807) is 0 Å². The molecule has 20 heavy (non-hydrogen) atoms. The van der Waals surface area contributed by atoms with Crippen molar-refractivity contribution in [3.63, 3.8) is 0 Å². The smallest absolute Gasteiger partial charge is 0.0146 e. The number of aryl methyl sites for hydroxylation is 2. The van der Waals surface area contributed by atoms with E-state index in [1.165, 1.54) is 88.2 Å². The lowest BCUT2D eigenvalue weighted by Crippen LogP contribution is -1.94. The van der Waals surface area contributed by atoms with Crippen molar-refractivity contribution in [2.75, 3.05) is 0 Å². The molecule has 1 radical (unpaired) electrons. The highest BCUT2D eigenvalue weighted by atomic mass is 14.1. The van der Waals surface area contributed by atoms with Crippen molar-refractivity contribution in [1.29, 1.82) is 0 Å². The third kappa shape index (κ3) is 7.72. The third-order valence-electron chi connectivity index (χ3n) is 4.09. The van der Waals surface area contributed by atoms with Crippen LogP contribution < -0.4 is 0 Å². The van der Waals surface area contributed by atoms with Crippen LogP contribution in [0, 0.1) is 6.07 Å². The first-order valence-corrected chi connectivity index (χ1v) is 8.87. The maximum Gasteiger partial charge on any atom is -0.0146 e. The van der Waals surface area contributed by atoms with E-state index in [9.17, 15) is 0 Å². The summed E-state index contributed by atoms with van der Waals surface area (Å²) >= 11 is 0. The van der Waals surface area contributed by atoms with E-state index in [2.05, 4.69) is 38.1 Å². The molecule has 0 fully saturated rings. The van der Waals surface area contributed by atoms with E-state index in [4.69, 9.17) is 0 Å². The molecule has 0 atom stereocenters. The van der Waals surface area contributed by atoms with Gasteiger partial charge in [-0.2, -0.15) is 0 Å². The van der Waals surface area contributed by atoms with Crippen LogP contribution >= 0.6 is 0 Å². The SMILES string of the molecule is CCCCCCCCCCCc1[c]cccc1CCC. The molecule has 1 aromatic rings. The summed E-state index contributed by atoms with van der Waals surface area (Å²) in [6.07, 6.45) is 16.4. The van der Waals surface area contributed by atoms with Gasteiger partial charge in [0.25, 0.3) is 0 Å². The zero-order valence-electron chi connectivity index (χ0n) is 13.7. The van der Waals surface area contributed by atoms with Crippen LogP contribution in [0.1, 0.15) is 89.2 Å². The zero-order chi connectivity index (χ0) is 14.5. The van der Waals surface area contributed by atoms with Gasteiger partial charge in [0.05, 0.1) is 0 Å². The second kappa shape index (κ2) is 12.0. The van der Waals surface area contributed by atoms with Gasteiger partial charge in [0.15, 0.2) is 0 Å². The predicted octanol–water partition coefficient (Wildman–Crippen LogP) is 6.51. The van der Waals surface area contributed by atoms with E-state index < -0.39 is 0 Å². The van der Waals surface area contributed by atoms with Crippen molar-refractivity contribution >= 4 is 0 Å². The molecule has 0 heteroatoms. The average Bonchev–Trinajstić information content (AvgIpc) is 2.47. The van der Waals surface area contributed by atoms with Gasteiger partial charge in [-0.25, -0.2) is 0 Å². The van der Waals surface area contributed by atoms with Gasteiger partial charge >= 0.3 is 0 Å². The fourth-order valence-electron chi connectivity index (χ4n) is 2.85. The van der Waals surface area contributed by atoms with Crippen LogP contribution in [0.2, 0.25) is 0 Å². The van der Waals surface area contributed by atoms with E-state index in [-0.39, 0.29) is 0 Å². The van der Waals surface area contributed by atoms with Gasteiger partial charge in [-0.3, -0.25) is 0 Å². The third-order valence-corrected chi connectivity index (χ3v) is 4.09. The number of unbranched alkanes of at least 4 members (excludes halogenated alkanes) is 8. The van der Waals surface area contributed by atoms with E-state index in [0.29, 0.717) is 0 Å². The van der Waals surface area contributed by atoms with E-state index in [0.717, 1.165) is 0 Å². The van der Waals surface area contributed by atoms with E-state index in [1.807, 2.05) is 0 Å². The monoisotopic (exact) mass is 273 g/mol. The standard InChI is InChI=1S/C20H33/c1-3-5-6-7-8-9-10-11-12-16-20-18-14-13-17-19(20)15-4-2/h13-14,17H,3-12,15-16H2,1-2H3. The molecule has 0 saturated heterocycles. The minimum atomic E-state index is 1.21. The topological polar surface area (TPSA) is 0 Å². The number of benzene rings is 1. The first kappa shape index (κ1) is 17.3. The summed E-state index contributed by atoms with van der Waals surface area (Å²) in [5.41, 5.74) is 2.99. The lowest BCUT2D eigenvalue weighted by molar-refractivity contribution is 0.564. The summed E-state index contributed by atoms with van der Waals surface area (Å²) in [4.78, 5) is 0. The van der Waals surface area contributed by atoms with Crippen LogP contribution in [0.25, 0.3) is 0 Å². The molecule has 1 aromatic carbocycles. The fraction of sp³-hybridized carbons (Fsp3) is 0.700. The molecule has 0 heterocycles. The second-order valence-corrected chi connectivity index (χ2v) is 6.00. The van der Waals surface area contributed by atoms with Gasteiger partial charge in [-0.05, 0) is 36.5 Å². The van der Waals surface area contributed by atoms with Crippen LogP contribution in [-0.2, 0) is 12.8 Å². The van der Waals surface area contributed by atoms with Crippen LogP contribution in [0.3, 0.4) is 0 Å². The predicted molar refractivity (Wildman–Crippen MR) is 90.2 cm³/mol. The Hall–Kier alpha value is -0.780. The van der Waals surface area contributed by atoms with Crippen LogP contribution in [0.5, 0.6) is 0 Å². The second-order valence-electron chi connectivity index (χ2n) is 6.00. The Kier molecular flexibility index (Phi) is 10.4. The molecule has 0 aliphatic heterocycles. The first-order valence-electron chi connectivity index (χ1n) is 8.87. The Labute approximate surface area is 127 Å². The normalized spacial score (nSPS) is 10.9. The highest BCUT2D eigenvalue weighted by Crippen LogP contribution is 2.15. The van der Waals surface area contributed by atoms with Gasteiger partial charge in [-0.1, -0.05) is 89.8 Å². The molecule has 1 rings (SSSR count). The summed E-state index contributed by atoms with van der Waals surface area (Å²) in [6, 6.07) is 9.93. The van der Waals surface area contributed by atoms with Crippen molar-refractivity contribution in [3.05, 3.63) is 35.4 Å². The fourth-order valence-corrected chi connectivity index (χ4v) is 2.85. The maximum absolute atomic E-state index is 3.45. The van der Waals surface area contributed by atoms with Crippen LogP contribution in [0.4, 0.5) is 0 Å². The van der Waals surface area contributed by atoms with Crippen molar-refractivity contribution in [3.8, 4) is 0 Å². The molecule has 0 saturated carbocycles.